The van der Waals surface area contributed by atoms with E-state index in [1.807, 2.05) is 0 Å². The van der Waals surface area contributed by atoms with Crippen molar-refractivity contribution in [3.8, 4) is 0 Å². The fraction of sp³-hybridized carbons (Fsp3) is 0.889. The van der Waals surface area contributed by atoms with Gasteiger partial charge in [0.1, 0.15) is 0 Å². The summed E-state index contributed by atoms with van der Waals surface area (Å²) in [4.78, 5) is 4.16. The number of nitrogens with zero attached hydrogens (tertiary/aromatic N) is 1. The third-order valence-corrected chi connectivity index (χ3v) is 1.60. The molecule has 0 aliphatic carbocycles. The minimum atomic E-state index is 0.512. The van der Waals surface area contributed by atoms with E-state index >= 15 is 0 Å². The number of methoxy groups -OCH3 is 1. The number of hydrogen-bond acceptors (Lipinski definition) is 2. The molecule has 0 saturated heterocycles. The SMILES string of the molecule is COCCNC(N)=NCCC(C)C. The fourth-order valence-corrected chi connectivity index (χ4v) is 0.780. The molecule has 0 atom stereocenters. The van der Waals surface area contributed by atoms with Crippen molar-refractivity contribution in [1.29, 1.82) is 0 Å². The van der Waals surface area contributed by atoms with Crippen molar-refractivity contribution in [1.82, 2.24) is 5.32 Å². The van der Waals surface area contributed by atoms with E-state index in [1.165, 1.54) is 0 Å². The van der Waals surface area contributed by atoms with Crippen molar-refractivity contribution in [2.75, 3.05) is 26.8 Å². The number of aliphatic imine (C=N–C) groups is 1. The third kappa shape index (κ3) is 9.14. The number of rotatable bonds is 6. The van der Waals surface area contributed by atoms with Crippen LogP contribution in [-0.2, 0) is 4.74 Å². The molecule has 0 radical (unpaired) electrons. The smallest absolute Gasteiger partial charge is 0.188 e. The fourth-order valence-electron chi connectivity index (χ4n) is 0.780. The van der Waals surface area contributed by atoms with Crippen LogP contribution in [0.25, 0.3) is 0 Å². The maximum atomic E-state index is 5.58. The first kappa shape index (κ1) is 12.2. The average molecular weight is 187 g/mol. The topological polar surface area (TPSA) is 59.6 Å². The molecule has 0 aliphatic rings. The van der Waals surface area contributed by atoms with Crippen molar-refractivity contribution in [2.45, 2.75) is 20.3 Å². The van der Waals surface area contributed by atoms with Gasteiger partial charge >= 0.3 is 0 Å². The number of nitrogens with one attached hydrogen (secondary N) is 1. The molecule has 0 saturated carbocycles. The number of nitrogens with two attached hydrogens (primary N) is 1. The molecule has 0 aliphatic heterocycles. The summed E-state index contributed by atoms with van der Waals surface area (Å²) in [7, 11) is 1.66. The van der Waals surface area contributed by atoms with Crippen LogP contribution in [0.2, 0.25) is 0 Å². The van der Waals surface area contributed by atoms with E-state index in [1.54, 1.807) is 7.11 Å². The van der Waals surface area contributed by atoms with Crippen molar-refractivity contribution < 1.29 is 4.74 Å². The summed E-state index contributed by atoms with van der Waals surface area (Å²) in [6.45, 7) is 6.51. The van der Waals surface area contributed by atoms with E-state index in [2.05, 4.69) is 24.2 Å². The number of guanidine groups is 1. The van der Waals surface area contributed by atoms with Gasteiger partial charge in [-0.05, 0) is 12.3 Å². The summed E-state index contributed by atoms with van der Waals surface area (Å²) in [5.41, 5.74) is 5.58. The van der Waals surface area contributed by atoms with Crippen LogP contribution in [0.5, 0.6) is 0 Å². The van der Waals surface area contributed by atoms with Crippen LogP contribution in [0.1, 0.15) is 20.3 Å². The second-order valence-electron chi connectivity index (χ2n) is 3.37. The summed E-state index contributed by atoms with van der Waals surface area (Å²) in [5, 5.41) is 2.96. The van der Waals surface area contributed by atoms with Crippen LogP contribution in [0, 0.1) is 5.92 Å². The standard InChI is InChI=1S/C9H21N3O/c1-8(2)4-5-11-9(10)12-6-7-13-3/h8H,4-7H2,1-3H3,(H3,10,11,12). The van der Waals surface area contributed by atoms with Gasteiger partial charge in [-0.3, -0.25) is 4.99 Å². The highest BCUT2D eigenvalue weighted by atomic mass is 16.5. The Labute approximate surface area is 80.6 Å². The Kier molecular flexibility index (Phi) is 7.39. The van der Waals surface area contributed by atoms with Gasteiger partial charge < -0.3 is 15.8 Å². The molecule has 0 aromatic heterocycles. The van der Waals surface area contributed by atoms with Gasteiger partial charge in [0.25, 0.3) is 0 Å². The highest BCUT2D eigenvalue weighted by molar-refractivity contribution is 5.77. The van der Waals surface area contributed by atoms with Gasteiger partial charge in [0.05, 0.1) is 6.61 Å². The van der Waals surface area contributed by atoms with E-state index in [0.29, 0.717) is 25.0 Å². The molecular weight excluding hydrogens is 166 g/mol. The Morgan fingerprint density at radius 1 is 1.54 bits per heavy atom. The van der Waals surface area contributed by atoms with E-state index < -0.39 is 0 Å². The molecule has 0 aromatic rings. The highest BCUT2D eigenvalue weighted by Gasteiger charge is 1.93. The lowest BCUT2D eigenvalue weighted by atomic mass is 10.1. The lowest BCUT2D eigenvalue weighted by Gasteiger charge is -2.05. The average Bonchev–Trinajstić information content (AvgIpc) is 2.04. The zero-order chi connectivity index (χ0) is 10.1. The third-order valence-electron chi connectivity index (χ3n) is 1.60. The van der Waals surface area contributed by atoms with Gasteiger partial charge in [-0.2, -0.15) is 0 Å². The molecule has 4 nitrogen and oxygen atoms in total. The normalized spacial score (nSPS) is 12.2. The maximum absolute atomic E-state index is 5.58. The molecule has 3 N–H and O–H groups in total. The van der Waals surface area contributed by atoms with Crippen LogP contribution >= 0.6 is 0 Å². The van der Waals surface area contributed by atoms with Crippen LogP contribution in [0.3, 0.4) is 0 Å². The molecular formula is C9H21N3O. The zero-order valence-electron chi connectivity index (χ0n) is 8.84. The summed E-state index contributed by atoms with van der Waals surface area (Å²) >= 11 is 0. The van der Waals surface area contributed by atoms with Gasteiger partial charge in [0, 0.05) is 20.2 Å². The Hall–Kier alpha value is -0.770. The van der Waals surface area contributed by atoms with E-state index in [4.69, 9.17) is 10.5 Å². The minimum Gasteiger partial charge on any atom is -0.383 e. The molecule has 0 fully saturated rings. The highest BCUT2D eigenvalue weighted by Crippen LogP contribution is 1.97. The van der Waals surface area contributed by atoms with Crippen LogP contribution in [-0.4, -0.2) is 32.8 Å². The molecule has 0 unspecified atom stereocenters. The Balaban J connectivity index is 3.39. The quantitative estimate of drug-likeness (QED) is 0.363. The second-order valence-corrected chi connectivity index (χ2v) is 3.37. The van der Waals surface area contributed by atoms with Crippen molar-refractivity contribution in [3.05, 3.63) is 0 Å². The van der Waals surface area contributed by atoms with Crippen LogP contribution < -0.4 is 11.1 Å². The van der Waals surface area contributed by atoms with Crippen LogP contribution in [0.4, 0.5) is 0 Å². The van der Waals surface area contributed by atoms with Crippen LogP contribution in [0.15, 0.2) is 4.99 Å². The Morgan fingerprint density at radius 2 is 2.23 bits per heavy atom. The van der Waals surface area contributed by atoms with Crippen molar-refractivity contribution in [3.63, 3.8) is 0 Å². The summed E-state index contributed by atoms with van der Waals surface area (Å²) < 4.78 is 4.86. The molecule has 0 bridgehead atoms. The Bertz CT molecular complexity index is 146. The lowest BCUT2D eigenvalue weighted by molar-refractivity contribution is 0.204. The first-order chi connectivity index (χ1) is 6.16. The van der Waals surface area contributed by atoms with Gasteiger partial charge in [-0.1, -0.05) is 13.8 Å². The molecule has 0 aromatic carbocycles. The number of hydrogen-bond donors (Lipinski definition) is 2. The number of ether oxygens (including phenoxy) is 1. The predicted octanol–water partition coefficient (Wildman–Crippen LogP) is 0.583. The van der Waals surface area contributed by atoms with E-state index in [9.17, 15) is 0 Å². The first-order valence-electron chi connectivity index (χ1n) is 4.69. The molecule has 4 heteroatoms. The van der Waals surface area contributed by atoms with E-state index in [-0.39, 0.29) is 0 Å². The van der Waals surface area contributed by atoms with Gasteiger partial charge in [-0.25, -0.2) is 0 Å². The molecule has 13 heavy (non-hydrogen) atoms. The molecule has 0 spiro atoms. The summed E-state index contributed by atoms with van der Waals surface area (Å²) in [5.74, 6) is 1.19. The van der Waals surface area contributed by atoms with E-state index in [0.717, 1.165) is 13.0 Å². The summed E-state index contributed by atoms with van der Waals surface area (Å²) in [6, 6.07) is 0. The molecule has 0 amide bonds. The minimum absolute atomic E-state index is 0.512. The second kappa shape index (κ2) is 7.86. The van der Waals surface area contributed by atoms with Crippen molar-refractivity contribution >= 4 is 5.96 Å². The van der Waals surface area contributed by atoms with Gasteiger partial charge in [0.2, 0.25) is 0 Å². The molecule has 78 valence electrons. The van der Waals surface area contributed by atoms with Crippen molar-refractivity contribution in [2.24, 2.45) is 16.6 Å². The monoisotopic (exact) mass is 187 g/mol. The Morgan fingerprint density at radius 3 is 2.77 bits per heavy atom. The first-order valence-corrected chi connectivity index (χ1v) is 4.69. The lowest BCUT2D eigenvalue weighted by Crippen LogP contribution is -2.34. The largest absolute Gasteiger partial charge is 0.383 e. The molecule has 0 rings (SSSR count). The summed E-state index contributed by atoms with van der Waals surface area (Å²) in [6.07, 6.45) is 1.08. The zero-order valence-corrected chi connectivity index (χ0v) is 8.84. The molecule has 0 heterocycles. The predicted molar refractivity (Wildman–Crippen MR) is 55.8 cm³/mol. The maximum Gasteiger partial charge on any atom is 0.188 e. The van der Waals surface area contributed by atoms with Gasteiger partial charge in [-0.15, -0.1) is 0 Å². The van der Waals surface area contributed by atoms with Gasteiger partial charge in [0.15, 0.2) is 5.96 Å².